The average Bonchev–Trinajstić information content (AvgIpc) is 2.44. The van der Waals surface area contributed by atoms with Gasteiger partial charge in [0.05, 0.1) is 0 Å². The molecule has 0 saturated carbocycles. The zero-order chi connectivity index (χ0) is 15.4. The predicted molar refractivity (Wildman–Crippen MR) is 86.8 cm³/mol. The Labute approximate surface area is 126 Å². The highest BCUT2D eigenvalue weighted by Crippen LogP contribution is 2.36. The molecule has 2 nitrogen and oxygen atoms in total. The molecule has 0 bridgehead atoms. The van der Waals surface area contributed by atoms with Crippen LogP contribution < -0.4 is 0 Å². The summed E-state index contributed by atoms with van der Waals surface area (Å²) in [6.45, 7) is 12.2. The van der Waals surface area contributed by atoms with Crippen LogP contribution in [0.3, 0.4) is 0 Å². The number of unbranched alkanes of at least 4 members (excludes halogenated alkanes) is 5. The average molecular weight is 282 g/mol. The Kier molecular flexibility index (Phi) is 10.5. The number of hydrogen-bond acceptors (Lipinski definition) is 2. The third-order valence-electron chi connectivity index (χ3n) is 4.39. The SMILES string of the molecule is C=CC(=O)OC(C)C(C)(CCCC)CCCCCCC. The van der Waals surface area contributed by atoms with Crippen LogP contribution >= 0.6 is 0 Å². The van der Waals surface area contributed by atoms with Gasteiger partial charge in [0, 0.05) is 11.5 Å². The van der Waals surface area contributed by atoms with Gasteiger partial charge in [-0.05, 0) is 19.8 Å². The molecule has 0 fully saturated rings. The molecule has 0 aromatic carbocycles. The van der Waals surface area contributed by atoms with Gasteiger partial charge in [-0.25, -0.2) is 4.79 Å². The first-order valence-corrected chi connectivity index (χ1v) is 8.33. The smallest absolute Gasteiger partial charge is 0.330 e. The maximum atomic E-state index is 11.4. The topological polar surface area (TPSA) is 26.3 Å². The maximum Gasteiger partial charge on any atom is 0.330 e. The van der Waals surface area contributed by atoms with E-state index in [0.29, 0.717) is 0 Å². The van der Waals surface area contributed by atoms with Crippen molar-refractivity contribution in [1.82, 2.24) is 0 Å². The molecule has 0 amide bonds. The van der Waals surface area contributed by atoms with E-state index in [1.54, 1.807) is 0 Å². The highest BCUT2D eigenvalue weighted by Gasteiger charge is 2.32. The third-order valence-corrected chi connectivity index (χ3v) is 4.39. The minimum Gasteiger partial charge on any atom is -0.459 e. The predicted octanol–water partition coefficient (Wildman–Crippen LogP) is 5.66. The first-order chi connectivity index (χ1) is 9.50. The normalized spacial score (nSPS) is 15.4. The van der Waals surface area contributed by atoms with Gasteiger partial charge in [-0.2, -0.15) is 0 Å². The van der Waals surface area contributed by atoms with E-state index < -0.39 is 0 Å². The molecule has 0 aliphatic rings. The first kappa shape index (κ1) is 19.2. The molecule has 0 rings (SSSR count). The van der Waals surface area contributed by atoms with E-state index >= 15 is 0 Å². The van der Waals surface area contributed by atoms with E-state index in [1.165, 1.54) is 51.0 Å². The molecule has 0 aromatic heterocycles. The molecule has 20 heavy (non-hydrogen) atoms. The summed E-state index contributed by atoms with van der Waals surface area (Å²) in [5.41, 5.74) is 0.0981. The molecule has 0 aromatic rings. The summed E-state index contributed by atoms with van der Waals surface area (Å²) < 4.78 is 5.48. The lowest BCUT2D eigenvalue weighted by molar-refractivity contribution is -0.149. The van der Waals surface area contributed by atoms with Crippen LogP contribution in [0.15, 0.2) is 12.7 Å². The Morgan fingerprint density at radius 3 is 2.20 bits per heavy atom. The molecule has 0 aliphatic heterocycles. The summed E-state index contributed by atoms with van der Waals surface area (Å²) in [6, 6.07) is 0. The second kappa shape index (κ2) is 10.9. The van der Waals surface area contributed by atoms with Crippen molar-refractivity contribution in [3.05, 3.63) is 12.7 Å². The summed E-state index contributed by atoms with van der Waals surface area (Å²) in [4.78, 5) is 11.4. The fourth-order valence-corrected chi connectivity index (χ4v) is 2.61. The largest absolute Gasteiger partial charge is 0.459 e. The molecular formula is C18H34O2. The van der Waals surface area contributed by atoms with E-state index in [4.69, 9.17) is 4.74 Å². The van der Waals surface area contributed by atoms with E-state index in [1.807, 2.05) is 6.92 Å². The Bertz CT molecular complexity index is 273. The first-order valence-electron chi connectivity index (χ1n) is 8.33. The minimum atomic E-state index is -0.300. The Morgan fingerprint density at radius 2 is 1.65 bits per heavy atom. The van der Waals surface area contributed by atoms with Crippen molar-refractivity contribution >= 4 is 5.97 Å². The van der Waals surface area contributed by atoms with E-state index in [-0.39, 0.29) is 17.5 Å². The third kappa shape index (κ3) is 7.72. The Balaban J connectivity index is 4.39. The highest BCUT2D eigenvalue weighted by molar-refractivity contribution is 5.81. The lowest BCUT2D eigenvalue weighted by Crippen LogP contribution is -2.34. The van der Waals surface area contributed by atoms with Crippen molar-refractivity contribution in [3.8, 4) is 0 Å². The lowest BCUT2D eigenvalue weighted by Gasteiger charge is -2.35. The van der Waals surface area contributed by atoms with Crippen molar-refractivity contribution < 1.29 is 9.53 Å². The summed E-state index contributed by atoms with van der Waals surface area (Å²) in [5.74, 6) is -0.300. The van der Waals surface area contributed by atoms with Crippen molar-refractivity contribution in [2.45, 2.75) is 91.6 Å². The quantitative estimate of drug-likeness (QED) is 0.262. The number of carbonyl (C=O) groups is 1. The lowest BCUT2D eigenvalue weighted by atomic mass is 9.76. The minimum absolute atomic E-state index is 0.0364. The van der Waals surface area contributed by atoms with Crippen molar-refractivity contribution in [3.63, 3.8) is 0 Å². The summed E-state index contributed by atoms with van der Waals surface area (Å²) in [6.07, 6.45) is 12.3. The molecule has 0 heterocycles. The molecule has 0 aliphatic carbocycles. The zero-order valence-corrected chi connectivity index (χ0v) is 14.0. The van der Waals surface area contributed by atoms with Gasteiger partial charge in [-0.1, -0.05) is 72.3 Å². The van der Waals surface area contributed by atoms with Crippen LogP contribution in [0.5, 0.6) is 0 Å². The van der Waals surface area contributed by atoms with Gasteiger partial charge >= 0.3 is 5.97 Å². The molecule has 118 valence electrons. The number of hydrogen-bond donors (Lipinski definition) is 0. The molecular weight excluding hydrogens is 248 g/mol. The van der Waals surface area contributed by atoms with Crippen LogP contribution in [-0.4, -0.2) is 12.1 Å². The van der Waals surface area contributed by atoms with Gasteiger partial charge in [0.15, 0.2) is 0 Å². The van der Waals surface area contributed by atoms with Gasteiger partial charge < -0.3 is 4.74 Å². The molecule has 0 saturated heterocycles. The maximum absolute atomic E-state index is 11.4. The molecule has 0 N–H and O–H groups in total. The van der Waals surface area contributed by atoms with Gasteiger partial charge in [0.25, 0.3) is 0 Å². The highest BCUT2D eigenvalue weighted by atomic mass is 16.5. The van der Waals surface area contributed by atoms with E-state index in [9.17, 15) is 4.79 Å². The van der Waals surface area contributed by atoms with Crippen molar-refractivity contribution in [2.75, 3.05) is 0 Å². The molecule has 2 unspecified atom stereocenters. The van der Waals surface area contributed by atoms with Gasteiger partial charge in [-0.3, -0.25) is 0 Å². The molecule has 0 spiro atoms. The fraction of sp³-hybridized carbons (Fsp3) is 0.833. The Morgan fingerprint density at radius 1 is 1.10 bits per heavy atom. The second-order valence-corrected chi connectivity index (χ2v) is 6.21. The standard InChI is InChI=1S/C18H34O2/c1-6-9-11-12-13-15-18(5,14-10-7-2)16(4)20-17(19)8-3/h8,16H,3,6-7,9-15H2,1-2,4-5H3. The van der Waals surface area contributed by atoms with Gasteiger partial charge in [0.1, 0.15) is 6.10 Å². The number of esters is 1. The van der Waals surface area contributed by atoms with Crippen molar-refractivity contribution in [1.29, 1.82) is 0 Å². The number of rotatable bonds is 12. The van der Waals surface area contributed by atoms with Crippen LogP contribution in [-0.2, 0) is 9.53 Å². The summed E-state index contributed by atoms with van der Waals surface area (Å²) in [7, 11) is 0. The Hall–Kier alpha value is -0.790. The van der Waals surface area contributed by atoms with Gasteiger partial charge in [0.2, 0.25) is 0 Å². The van der Waals surface area contributed by atoms with Crippen LogP contribution in [0.4, 0.5) is 0 Å². The fourth-order valence-electron chi connectivity index (χ4n) is 2.61. The van der Waals surface area contributed by atoms with E-state index in [0.717, 1.165) is 12.8 Å². The molecule has 2 heteroatoms. The monoisotopic (exact) mass is 282 g/mol. The molecule has 2 atom stereocenters. The van der Waals surface area contributed by atoms with Crippen LogP contribution in [0.1, 0.15) is 85.5 Å². The van der Waals surface area contributed by atoms with Crippen LogP contribution in [0, 0.1) is 5.41 Å². The zero-order valence-electron chi connectivity index (χ0n) is 14.0. The van der Waals surface area contributed by atoms with Gasteiger partial charge in [-0.15, -0.1) is 0 Å². The second-order valence-electron chi connectivity index (χ2n) is 6.21. The van der Waals surface area contributed by atoms with Crippen molar-refractivity contribution in [2.24, 2.45) is 5.41 Å². The number of ether oxygens (including phenoxy) is 1. The summed E-state index contributed by atoms with van der Waals surface area (Å²) in [5, 5.41) is 0. The van der Waals surface area contributed by atoms with Crippen LogP contribution in [0.2, 0.25) is 0 Å². The number of carbonyl (C=O) groups excluding carboxylic acids is 1. The van der Waals surface area contributed by atoms with E-state index in [2.05, 4.69) is 27.4 Å². The summed E-state index contributed by atoms with van der Waals surface area (Å²) >= 11 is 0. The molecule has 0 radical (unpaired) electrons. The van der Waals surface area contributed by atoms with Crippen LogP contribution in [0.25, 0.3) is 0 Å².